The number of anilines is 1. The van der Waals surface area contributed by atoms with Crippen LogP contribution in [0.15, 0.2) is 78.9 Å². The van der Waals surface area contributed by atoms with E-state index in [0.717, 1.165) is 43.5 Å². The van der Waals surface area contributed by atoms with Gasteiger partial charge in [0.2, 0.25) is 0 Å². The molecule has 7 heteroatoms. The Labute approximate surface area is 223 Å². The maximum absolute atomic E-state index is 13.3. The van der Waals surface area contributed by atoms with Crippen molar-refractivity contribution >= 4 is 17.5 Å². The number of hydrogen-bond acceptors (Lipinski definition) is 4. The summed E-state index contributed by atoms with van der Waals surface area (Å²) in [5, 5.41) is 12.0. The molecular formula is C31H36FN3O3. The molecular weight excluding hydrogens is 481 g/mol. The van der Waals surface area contributed by atoms with Crippen LogP contribution >= 0.6 is 0 Å². The van der Waals surface area contributed by atoms with Gasteiger partial charge < -0.3 is 15.7 Å². The Kier molecular flexibility index (Phi) is 8.92. The number of nitrogens with two attached hydrogens (primary N) is 1. The smallest absolute Gasteiger partial charge is 0.319 e. The van der Waals surface area contributed by atoms with E-state index in [4.69, 9.17) is 5.73 Å². The van der Waals surface area contributed by atoms with Gasteiger partial charge in [0.15, 0.2) is 5.78 Å². The van der Waals surface area contributed by atoms with Crippen LogP contribution in [-0.4, -0.2) is 53.6 Å². The molecule has 1 aliphatic rings. The topological polar surface area (TPSA) is 86.9 Å². The zero-order valence-electron chi connectivity index (χ0n) is 21.9. The molecule has 2 amide bonds. The molecule has 0 aliphatic carbocycles. The molecule has 3 aromatic rings. The van der Waals surface area contributed by atoms with E-state index in [-0.39, 0.29) is 18.1 Å². The number of β-amino-alcohol motifs (C(OH)–C–C–N with tert-alkyl or cyclic N) is 1. The first kappa shape index (κ1) is 27.5. The monoisotopic (exact) mass is 517 g/mol. The number of hydrogen-bond donors (Lipinski definition) is 2. The van der Waals surface area contributed by atoms with E-state index in [1.54, 1.807) is 24.3 Å². The second kappa shape index (κ2) is 12.3. The first-order chi connectivity index (χ1) is 18.2. The molecule has 200 valence electrons. The molecule has 1 heterocycles. The molecule has 0 spiro atoms. The first-order valence-electron chi connectivity index (χ1n) is 13.1. The van der Waals surface area contributed by atoms with E-state index >= 15 is 0 Å². The summed E-state index contributed by atoms with van der Waals surface area (Å²) >= 11 is 0. The van der Waals surface area contributed by atoms with Gasteiger partial charge in [-0.2, -0.15) is 0 Å². The van der Waals surface area contributed by atoms with Crippen LogP contribution in [0.25, 0.3) is 0 Å². The summed E-state index contributed by atoms with van der Waals surface area (Å²) in [5.41, 5.74) is 7.56. The lowest BCUT2D eigenvalue weighted by molar-refractivity contribution is 0.00163. The summed E-state index contributed by atoms with van der Waals surface area (Å²) in [4.78, 5) is 28.1. The molecule has 0 unspecified atom stereocenters. The van der Waals surface area contributed by atoms with Gasteiger partial charge in [0.05, 0.1) is 12.1 Å². The number of Topliss-reactive ketones (excluding diaryl/α,β-unsaturated/α-hetero) is 1. The standard InChI is InChI=1S/C31H36FN3O3/c1-23(36)27-8-5-9-29(19-27)35(30(33)37)22-31(38,20-26-6-3-2-4-7-26)21-34-16-14-25(15-17-34)18-24-10-12-28(32)13-11-24/h2-13,19,25,38H,14-18,20-22H2,1H3,(H2,33,37)/t31-/m1/s1. The van der Waals surface area contributed by atoms with Gasteiger partial charge in [-0.15, -0.1) is 0 Å². The van der Waals surface area contributed by atoms with Crippen LogP contribution < -0.4 is 10.6 Å². The molecule has 3 N–H and O–H groups in total. The van der Waals surface area contributed by atoms with Crippen LogP contribution in [0.2, 0.25) is 0 Å². The van der Waals surface area contributed by atoms with E-state index in [1.807, 2.05) is 42.5 Å². The number of halogens is 1. The van der Waals surface area contributed by atoms with E-state index in [1.165, 1.54) is 24.0 Å². The maximum Gasteiger partial charge on any atom is 0.319 e. The molecule has 0 aromatic heterocycles. The molecule has 38 heavy (non-hydrogen) atoms. The number of likely N-dealkylation sites (tertiary alicyclic amines) is 1. The highest BCUT2D eigenvalue weighted by Gasteiger charge is 2.35. The van der Waals surface area contributed by atoms with Crippen molar-refractivity contribution in [3.8, 4) is 0 Å². The van der Waals surface area contributed by atoms with Gasteiger partial charge in [0.25, 0.3) is 0 Å². The average Bonchev–Trinajstić information content (AvgIpc) is 2.90. The lowest BCUT2D eigenvalue weighted by Crippen LogP contribution is -2.55. The average molecular weight is 518 g/mol. The van der Waals surface area contributed by atoms with Crippen LogP contribution in [0.5, 0.6) is 0 Å². The van der Waals surface area contributed by atoms with E-state index < -0.39 is 11.6 Å². The number of carbonyl (C=O) groups excluding carboxylic acids is 2. The molecule has 0 radical (unpaired) electrons. The summed E-state index contributed by atoms with van der Waals surface area (Å²) < 4.78 is 13.3. The highest BCUT2D eigenvalue weighted by atomic mass is 19.1. The fraction of sp³-hybridized carbons (Fsp3) is 0.355. The minimum absolute atomic E-state index is 0.00586. The van der Waals surface area contributed by atoms with Crippen LogP contribution in [0.3, 0.4) is 0 Å². The SMILES string of the molecule is CC(=O)c1cccc(N(C[C@@](O)(Cc2ccccc2)CN2CCC(Cc3ccc(F)cc3)CC2)C(N)=O)c1. The number of urea groups is 1. The van der Waals surface area contributed by atoms with Gasteiger partial charge in [-0.3, -0.25) is 9.69 Å². The van der Waals surface area contributed by atoms with Crippen molar-refractivity contribution in [2.45, 2.75) is 38.2 Å². The molecule has 4 rings (SSSR count). The minimum Gasteiger partial charge on any atom is -0.386 e. The number of aliphatic hydroxyl groups is 1. The normalized spacial score (nSPS) is 16.1. The summed E-state index contributed by atoms with van der Waals surface area (Å²) in [6, 6.07) is 22.5. The third kappa shape index (κ3) is 7.49. The predicted octanol–water partition coefficient (Wildman–Crippen LogP) is 4.84. The van der Waals surface area contributed by atoms with E-state index in [0.29, 0.717) is 30.1 Å². The fourth-order valence-corrected chi connectivity index (χ4v) is 5.34. The van der Waals surface area contributed by atoms with Crippen molar-refractivity contribution in [3.05, 3.63) is 101 Å². The predicted molar refractivity (Wildman–Crippen MR) is 148 cm³/mol. The van der Waals surface area contributed by atoms with Crippen LogP contribution in [0.4, 0.5) is 14.9 Å². The van der Waals surface area contributed by atoms with Crippen molar-refractivity contribution in [2.75, 3.05) is 31.1 Å². The van der Waals surface area contributed by atoms with Crippen molar-refractivity contribution in [3.63, 3.8) is 0 Å². The Morgan fingerprint density at radius 2 is 1.68 bits per heavy atom. The van der Waals surface area contributed by atoms with Gasteiger partial charge >= 0.3 is 6.03 Å². The molecule has 3 aromatic carbocycles. The Morgan fingerprint density at radius 1 is 1.00 bits per heavy atom. The highest BCUT2D eigenvalue weighted by molar-refractivity contribution is 5.97. The summed E-state index contributed by atoms with van der Waals surface area (Å²) in [6.45, 7) is 3.48. The fourth-order valence-electron chi connectivity index (χ4n) is 5.34. The molecule has 1 fully saturated rings. The van der Waals surface area contributed by atoms with Gasteiger partial charge in [-0.05, 0) is 80.6 Å². The van der Waals surface area contributed by atoms with E-state index in [9.17, 15) is 19.1 Å². The molecule has 1 aliphatic heterocycles. The molecule has 0 saturated carbocycles. The van der Waals surface area contributed by atoms with Crippen LogP contribution in [0, 0.1) is 11.7 Å². The van der Waals surface area contributed by atoms with Crippen molar-refractivity contribution in [1.82, 2.24) is 4.90 Å². The number of amides is 2. The largest absolute Gasteiger partial charge is 0.386 e. The van der Waals surface area contributed by atoms with Gasteiger partial charge in [0.1, 0.15) is 5.82 Å². The second-order valence-corrected chi connectivity index (χ2v) is 10.5. The third-order valence-electron chi connectivity index (χ3n) is 7.32. The number of rotatable bonds is 10. The second-order valence-electron chi connectivity index (χ2n) is 10.5. The third-order valence-corrected chi connectivity index (χ3v) is 7.32. The number of carbonyl (C=O) groups is 2. The molecule has 6 nitrogen and oxygen atoms in total. The number of benzene rings is 3. The Balaban J connectivity index is 1.49. The quantitative estimate of drug-likeness (QED) is 0.377. The van der Waals surface area contributed by atoms with Crippen molar-refractivity contribution in [1.29, 1.82) is 0 Å². The van der Waals surface area contributed by atoms with Gasteiger partial charge in [0, 0.05) is 24.2 Å². The highest BCUT2D eigenvalue weighted by Crippen LogP contribution is 2.27. The van der Waals surface area contributed by atoms with Crippen molar-refractivity contribution < 1.29 is 19.1 Å². The Bertz CT molecular complexity index is 1230. The Morgan fingerprint density at radius 3 is 2.32 bits per heavy atom. The summed E-state index contributed by atoms with van der Waals surface area (Å²) in [6.07, 6.45) is 3.20. The number of primary amides is 1. The van der Waals surface area contributed by atoms with Crippen LogP contribution in [-0.2, 0) is 12.8 Å². The van der Waals surface area contributed by atoms with Gasteiger partial charge in [-0.1, -0.05) is 54.6 Å². The lowest BCUT2D eigenvalue weighted by atomic mass is 9.88. The molecule has 1 atom stereocenters. The zero-order chi connectivity index (χ0) is 27.1. The molecule has 0 bridgehead atoms. The number of piperidine rings is 1. The van der Waals surface area contributed by atoms with E-state index in [2.05, 4.69) is 4.90 Å². The maximum atomic E-state index is 13.3. The number of ketones is 1. The lowest BCUT2D eigenvalue weighted by Gasteiger charge is -2.40. The van der Waals surface area contributed by atoms with Gasteiger partial charge in [-0.25, -0.2) is 9.18 Å². The Hall–Kier alpha value is -3.55. The van der Waals surface area contributed by atoms with Crippen LogP contribution in [0.1, 0.15) is 41.3 Å². The number of nitrogens with zero attached hydrogens (tertiary/aromatic N) is 2. The summed E-state index contributed by atoms with van der Waals surface area (Å²) in [5.74, 6) is 0.161. The van der Waals surface area contributed by atoms with Crippen molar-refractivity contribution in [2.24, 2.45) is 11.7 Å². The molecule has 1 saturated heterocycles. The zero-order valence-corrected chi connectivity index (χ0v) is 21.9. The first-order valence-corrected chi connectivity index (χ1v) is 13.1. The minimum atomic E-state index is -1.27. The summed E-state index contributed by atoms with van der Waals surface area (Å²) in [7, 11) is 0.